The van der Waals surface area contributed by atoms with Gasteiger partial charge < -0.3 is 14.5 Å². The van der Waals surface area contributed by atoms with E-state index >= 15 is 0 Å². The average Bonchev–Trinajstić information content (AvgIpc) is 2.99. The van der Waals surface area contributed by atoms with Crippen molar-refractivity contribution < 1.29 is 9.53 Å². The first-order chi connectivity index (χ1) is 12.1. The number of amides is 1. The van der Waals surface area contributed by atoms with E-state index in [-0.39, 0.29) is 11.8 Å². The molecule has 2 aromatic rings. The van der Waals surface area contributed by atoms with E-state index in [9.17, 15) is 4.79 Å². The van der Waals surface area contributed by atoms with Crippen LogP contribution in [0.25, 0.3) is 0 Å². The van der Waals surface area contributed by atoms with Crippen LogP contribution in [0.3, 0.4) is 0 Å². The second kappa shape index (κ2) is 7.66. The van der Waals surface area contributed by atoms with Crippen LogP contribution in [0.5, 0.6) is 0 Å². The van der Waals surface area contributed by atoms with Crippen LogP contribution in [0, 0.1) is 0 Å². The zero-order valence-corrected chi connectivity index (χ0v) is 14.8. The number of carbonyl (C=O) groups is 1. The Morgan fingerprint density at radius 2 is 2.28 bits per heavy atom. The lowest BCUT2D eigenvalue weighted by Gasteiger charge is -2.32. The van der Waals surface area contributed by atoms with Crippen molar-refractivity contribution in [1.82, 2.24) is 34.8 Å². The molecule has 1 atom stereocenters. The van der Waals surface area contributed by atoms with E-state index in [4.69, 9.17) is 4.74 Å². The average molecular weight is 345 g/mol. The van der Waals surface area contributed by atoms with Crippen molar-refractivity contribution in [1.29, 1.82) is 0 Å². The Morgan fingerprint density at radius 1 is 1.44 bits per heavy atom. The van der Waals surface area contributed by atoms with E-state index in [0.29, 0.717) is 32.0 Å². The minimum absolute atomic E-state index is 0.0386. The van der Waals surface area contributed by atoms with E-state index in [1.165, 1.54) is 6.33 Å². The molecular weight excluding hydrogens is 322 g/mol. The topological polar surface area (TPSA) is 89.3 Å². The number of fused-ring (bicyclic) bond motifs is 1. The van der Waals surface area contributed by atoms with Crippen molar-refractivity contribution in [2.75, 3.05) is 40.4 Å². The summed E-state index contributed by atoms with van der Waals surface area (Å²) in [6.45, 7) is 3.01. The molecule has 0 saturated carbocycles. The van der Waals surface area contributed by atoms with Crippen LogP contribution in [0.4, 0.5) is 0 Å². The van der Waals surface area contributed by atoms with Gasteiger partial charge in [0, 0.05) is 32.3 Å². The second-order valence-electron chi connectivity index (χ2n) is 6.40. The summed E-state index contributed by atoms with van der Waals surface area (Å²) < 4.78 is 7.60. The molecule has 25 heavy (non-hydrogen) atoms. The molecule has 0 saturated heterocycles. The molecule has 3 heterocycles. The molecule has 9 nitrogen and oxygen atoms in total. The van der Waals surface area contributed by atoms with Gasteiger partial charge >= 0.3 is 0 Å². The lowest BCUT2D eigenvalue weighted by Crippen LogP contribution is -2.40. The fourth-order valence-electron chi connectivity index (χ4n) is 2.96. The van der Waals surface area contributed by atoms with Gasteiger partial charge in [-0.25, -0.2) is 9.97 Å². The third kappa shape index (κ3) is 3.99. The quantitative estimate of drug-likeness (QED) is 0.677. The summed E-state index contributed by atoms with van der Waals surface area (Å²) in [5.74, 6) is -0.0892. The molecule has 3 rings (SSSR count). The summed E-state index contributed by atoms with van der Waals surface area (Å²) in [4.78, 5) is 24.5. The molecule has 2 aromatic heterocycles. The molecule has 1 amide bonds. The molecule has 1 unspecified atom stereocenters. The molecule has 0 aromatic carbocycles. The fraction of sp³-hybridized carbons (Fsp3) is 0.562. The highest BCUT2D eigenvalue weighted by Gasteiger charge is 2.33. The van der Waals surface area contributed by atoms with Gasteiger partial charge in [-0.3, -0.25) is 9.48 Å². The van der Waals surface area contributed by atoms with E-state index in [1.807, 2.05) is 21.1 Å². The summed E-state index contributed by atoms with van der Waals surface area (Å²) in [5.41, 5.74) is 2.24. The van der Waals surface area contributed by atoms with Gasteiger partial charge in [-0.1, -0.05) is 5.21 Å². The zero-order valence-electron chi connectivity index (χ0n) is 14.8. The van der Waals surface area contributed by atoms with Gasteiger partial charge in [0.15, 0.2) is 0 Å². The van der Waals surface area contributed by atoms with Gasteiger partial charge in [0.05, 0.1) is 25.5 Å². The lowest BCUT2D eigenvalue weighted by molar-refractivity contribution is 0.0608. The van der Waals surface area contributed by atoms with Gasteiger partial charge in [-0.2, -0.15) is 0 Å². The van der Waals surface area contributed by atoms with E-state index in [0.717, 1.165) is 17.9 Å². The molecule has 134 valence electrons. The Morgan fingerprint density at radius 3 is 3.00 bits per heavy atom. The number of aromatic nitrogens is 5. The minimum Gasteiger partial charge on any atom is -0.379 e. The second-order valence-corrected chi connectivity index (χ2v) is 6.40. The Bertz CT molecular complexity index is 717. The number of carbonyl (C=O) groups excluding carboxylic acids is 1. The summed E-state index contributed by atoms with van der Waals surface area (Å²) in [5, 5.41) is 8.32. The van der Waals surface area contributed by atoms with Gasteiger partial charge in [0.2, 0.25) is 0 Å². The number of nitrogens with zero attached hydrogens (tertiary/aromatic N) is 7. The number of hydrogen-bond donors (Lipinski definition) is 0. The molecule has 0 N–H and O–H groups in total. The maximum atomic E-state index is 12.7. The van der Waals surface area contributed by atoms with Gasteiger partial charge in [-0.05, 0) is 20.2 Å². The predicted molar refractivity (Wildman–Crippen MR) is 89.9 cm³/mol. The first-order valence-corrected chi connectivity index (χ1v) is 8.22. The summed E-state index contributed by atoms with van der Waals surface area (Å²) in [6.07, 6.45) is 2.95. The van der Waals surface area contributed by atoms with Crippen LogP contribution >= 0.6 is 0 Å². The van der Waals surface area contributed by atoms with Crippen molar-refractivity contribution in [2.24, 2.45) is 7.05 Å². The normalized spacial score (nSPS) is 17.0. The van der Waals surface area contributed by atoms with E-state index in [2.05, 4.69) is 25.2 Å². The minimum atomic E-state index is -0.128. The van der Waals surface area contributed by atoms with Crippen molar-refractivity contribution in [3.63, 3.8) is 0 Å². The molecule has 0 fully saturated rings. The van der Waals surface area contributed by atoms with Crippen LogP contribution in [0.2, 0.25) is 0 Å². The van der Waals surface area contributed by atoms with Gasteiger partial charge in [0.25, 0.3) is 5.91 Å². The Kier molecular flexibility index (Phi) is 5.34. The number of likely N-dealkylation sites (N-methyl/N-ethyl adjacent to an activating group) is 1. The van der Waals surface area contributed by atoms with Crippen LogP contribution in [-0.2, 0) is 18.3 Å². The maximum Gasteiger partial charge on any atom is 0.272 e. The van der Waals surface area contributed by atoms with E-state index in [1.54, 1.807) is 21.8 Å². The monoisotopic (exact) mass is 345 g/mol. The van der Waals surface area contributed by atoms with E-state index < -0.39 is 0 Å². The number of hydrogen-bond acceptors (Lipinski definition) is 7. The largest absolute Gasteiger partial charge is 0.379 e. The highest BCUT2D eigenvalue weighted by atomic mass is 16.5. The first-order valence-electron chi connectivity index (χ1n) is 8.22. The molecule has 0 spiro atoms. The summed E-state index contributed by atoms with van der Waals surface area (Å²) >= 11 is 0. The molecule has 0 radical (unpaired) electrons. The molecule has 9 heteroatoms. The smallest absolute Gasteiger partial charge is 0.272 e. The van der Waals surface area contributed by atoms with Crippen molar-refractivity contribution in [3.8, 4) is 0 Å². The third-order valence-electron chi connectivity index (χ3n) is 4.20. The van der Waals surface area contributed by atoms with Crippen LogP contribution in [-0.4, -0.2) is 81.1 Å². The predicted octanol–water partition coefficient (Wildman–Crippen LogP) is -0.0771. The van der Waals surface area contributed by atoms with Gasteiger partial charge in [-0.15, -0.1) is 5.10 Å². The van der Waals surface area contributed by atoms with Crippen molar-refractivity contribution in [2.45, 2.75) is 12.5 Å². The molecular formula is C16H23N7O2. The van der Waals surface area contributed by atoms with Crippen molar-refractivity contribution >= 4 is 5.91 Å². The Labute approximate surface area is 146 Å². The summed E-state index contributed by atoms with van der Waals surface area (Å²) in [7, 11) is 5.89. The van der Waals surface area contributed by atoms with Crippen molar-refractivity contribution in [3.05, 3.63) is 35.7 Å². The Hall–Kier alpha value is -2.39. The summed E-state index contributed by atoms with van der Waals surface area (Å²) in [6, 6.07) is 1.62. The zero-order chi connectivity index (χ0) is 17.8. The van der Waals surface area contributed by atoms with Crippen LogP contribution in [0.1, 0.15) is 27.8 Å². The molecule has 0 aliphatic carbocycles. The Balaban J connectivity index is 1.73. The number of aryl methyl sites for hydroxylation is 1. The SMILES string of the molecule is CN(C)CCOCC1CN(C(=O)c2ccncn2)Cc2nnn(C)c21. The van der Waals surface area contributed by atoms with Crippen LogP contribution in [0.15, 0.2) is 18.6 Å². The van der Waals surface area contributed by atoms with Gasteiger partial charge in [0.1, 0.15) is 17.7 Å². The first kappa shape index (κ1) is 17.4. The molecule has 0 bridgehead atoms. The molecule has 1 aliphatic heterocycles. The fourth-order valence-corrected chi connectivity index (χ4v) is 2.96. The molecule has 1 aliphatic rings. The number of ether oxygens (including phenoxy) is 1. The van der Waals surface area contributed by atoms with Crippen LogP contribution < -0.4 is 0 Å². The standard InChI is InChI=1S/C16H23N7O2/c1-21(2)6-7-25-10-12-8-23(9-14-15(12)22(3)20-19-14)16(24)13-4-5-17-11-18-13/h4-5,11-12H,6-10H2,1-3H3. The number of rotatable bonds is 6. The maximum absolute atomic E-state index is 12.7. The highest BCUT2D eigenvalue weighted by molar-refractivity contribution is 5.92. The lowest BCUT2D eigenvalue weighted by atomic mass is 9.98. The highest BCUT2D eigenvalue weighted by Crippen LogP contribution is 2.27. The third-order valence-corrected chi connectivity index (χ3v) is 4.20.